The van der Waals surface area contributed by atoms with Gasteiger partial charge in [-0.3, -0.25) is 4.79 Å². The molecule has 0 aliphatic heterocycles. The van der Waals surface area contributed by atoms with Crippen LogP contribution in [0.15, 0.2) is 24.3 Å². The summed E-state index contributed by atoms with van der Waals surface area (Å²) in [6.07, 6.45) is 2.39. The van der Waals surface area contributed by atoms with Gasteiger partial charge in [0.05, 0.1) is 5.56 Å². The summed E-state index contributed by atoms with van der Waals surface area (Å²) in [5.74, 6) is 0.187. The second-order valence-electron chi connectivity index (χ2n) is 8.61. The molecule has 1 saturated carbocycles. The van der Waals surface area contributed by atoms with Crippen molar-refractivity contribution in [2.45, 2.75) is 78.6 Å². The third-order valence-corrected chi connectivity index (χ3v) is 5.75. The number of urea groups is 1. The first kappa shape index (κ1) is 23.7. The van der Waals surface area contributed by atoms with Gasteiger partial charge in [-0.15, -0.1) is 0 Å². The molecule has 2 rings (SSSR count). The fourth-order valence-corrected chi connectivity index (χ4v) is 3.62. The molecule has 7 nitrogen and oxygen atoms in total. The quantitative estimate of drug-likeness (QED) is 0.593. The first-order valence-corrected chi connectivity index (χ1v) is 10.8. The second kappa shape index (κ2) is 11.0. The van der Waals surface area contributed by atoms with Crippen molar-refractivity contribution in [3.05, 3.63) is 35.4 Å². The summed E-state index contributed by atoms with van der Waals surface area (Å²) >= 11 is 0. The number of carbonyl (C=O) groups is 3. The van der Waals surface area contributed by atoms with Crippen LogP contribution in [0, 0.1) is 11.8 Å². The first-order valence-electron chi connectivity index (χ1n) is 10.8. The largest absolute Gasteiger partial charge is 0.449 e. The van der Waals surface area contributed by atoms with Gasteiger partial charge in [0.1, 0.15) is 0 Å². The van der Waals surface area contributed by atoms with E-state index < -0.39 is 12.1 Å². The molecule has 0 saturated heterocycles. The molecule has 1 aliphatic carbocycles. The van der Waals surface area contributed by atoms with Crippen LogP contribution in [0.3, 0.4) is 0 Å². The standard InChI is InChI=1S/C23H35N3O4/c1-14(2)25-23(29)24-13-18-9-11-19(12-10-18)22(28)30-17(5)21(27)26-20-8-6-7-15(3)16(20)4/h9-12,14-17,20H,6-8,13H2,1-5H3,(H,26,27)(H2,24,25,29)/t15-,16+,17+,20+/m0/s1. The topological polar surface area (TPSA) is 96.5 Å². The number of ether oxygens (including phenoxy) is 1. The molecular weight excluding hydrogens is 382 g/mol. The maximum atomic E-state index is 12.5. The van der Waals surface area contributed by atoms with Crippen LogP contribution in [0.2, 0.25) is 0 Å². The molecule has 0 aromatic heterocycles. The van der Waals surface area contributed by atoms with Crippen LogP contribution >= 0.6 is 0 Å². The number of rotatable bonds is 7. The van der Waals surface area contributed by atoms with E-state index >= 15 is 0 Å². The van der Waals surface area contributed by atoms with Crippen molar-refractivity contribution in [3.63, 3.8) is 0 Å². The minimum absolute atomic E-state index is 0.0612. The summed E-state index contributed by atoms with van der Waals surface area (Å²) in [7, 11) is 0. The van der Waals surface area contributed by atoms with E-state index in [0.717, 1.165) is 18.4 Å². The number of amides is 3. The van der Waals surface area contributed by atoms with E-state index in [-0.39, 0.29) is 24.0 Å². The molecule has 0 bridgehead atoms. The smallest absolute Gasteiger partial charge is 0.338 e. The van der Waals surface area contributed by atoms with Crippen LogP contribution < -0.4 is 16.0 Å². The fourth-order valence-electron chi connectivity index (χ4n) is 3.62. The summed E-state index contributed by atoms with van der Waals surface area (Å²) in [6.45, 7) is 10.1. The van der Waals surface area contributed by atoms with Gasteiger partial charge in [-0.25, -0.2) is 9.59 Å². The monoisotopic (exact) mass is 417 g/mol. The van der Waals surface area contributed by atoms with Gasteiger partial charge in [0.25, 0.3) is 5.91 Å². The SMILES string of the molecule is CC(C)NC(=O)NCc1ccc(C(=O)O[C@H](C)C(=O)N[C@@H]2CCC[C@H](C)[C@H]2C)cc1. The predicted octanol–water partition coefficient (Wildman–Crippen LogP) is 3.38. The third-order valence-electron chi connectivity index (χ3n) is 5.75. The Hall–Kier alpha value is -2.57. The van der Waals surface area contributed by atoms with E-state index in [1.54, 1.807) is 31.2 Å². The lowest BCUT2D eigenvalue weighted by Crippen LogP contribution is -2.47. The molecule has 30 heavy (non-hydrogen) atoms. The van der Waals surface area contributed by atoms with Crippen molar-refractivity contribution in [2.75, 3.05) is 0 Å². The van der Waals surface area contributed by atoms with Gasteiger partial charge in [0.2, 0.25) is 0 Å². The van der Waals surface area contributed by atoms with Gasteiger partial charge in [-0.1, -0.05) is 38.8 Å². The predicted molar refractivity (Wildman–Crippen MR) is 116 cm³/mol. The average Bonchev–Trinajstić information content (AvgIpc) is 2.69. The summed E-state index contributed by atoms with van der Waals surface area (Å²) in [4.78, 5) is 36.5. The maximum absolute atomic E-state index is 12.5. The van der Waals surface area contributed by atoms with Gasteiger partial charge < -0.3 is 20.7 Å². The van der Waals surface area contributed by atoms with Crippen LogP contribution in [-0.2, 0) is 16.1 Å². The maximum Gasteiger partial charge on any atom is 0.338 e. The molecular formula is C23H35N3O4. The van der Waals surface area contributed by atoms with Gasteiger partial charge in [0.15, 0.2) is 6.10 Å². The van der Waals surface area contributed by atoms with Crippen molar-refractivity contribution < 1.29 is 19.1 Å². The van der Waals surface area contributed by atoms with E-state index in [1.165, 1.54) is 6.42 Å². The number of nitrogens with one attached hydrogen (secondary N) is 3. The molecule has 3 amide bonds. The van der Waals surface area contributed by atoms with Crippen molar-refractivity contribution in [3.8, 4) is 0 Å². The third kappa shape index (κ3) is 7.04. The highest BCUT2D eigenvalue weighted by Crippen LogP contribution is 2.29. The van der Waals surface area contributed by atoms with Gasteiger partial charge in [0, 0.05) is 18.6 Å². The molecule has 7 heteroatoms. The molecule has 0 unspecified atom stereocenters. The van der Waals surface area contributed by atoms with Crippen LogP contribution in [0.4, 0.5) is 4.79 Å². The second-order valence-corrected chi connectivity index (χ2v) is 8.61. The van der Waals surface area contributed by atoms with E-state index in [1.807, 2.05) is 13.8 Å². The molecule has 1 aromatic carbocycles. The van der Waals surface area contributed by atoms with Crippen molar-refractivity contribution in [1.82, 2.24) is 16.0 Å². The zero-order chi connectivity index (χ0) is 22.3. The summed E-state index contributed by atoms with van der Waals surface area (Å²) in [5, 5.41) is 8.54. The Morgan fingerprint density at radius 1 is 1.07 bits per heavy atom. The van der Waals surface area contributed by atoms with Crippen LogP contribution in [-0.4, -0.2) is 36.1 Å². The summed E-state index contributed by atoms with van der Waals surface area (Å²) in [6, 6.07) is 6.72. The molecule has 1 aromatic rings. The number of esters is 1. The molecule has 166 valence electrons. The highest BCUT2D eigenvalue weighted by molar-refractivity contribution is 5.92. The Labute approximate surface area is 179 Å². The van der Waals surface area contributed by atoms with Crippen molar-refractivity contribution >= 4 is 17.9 Å². The minimum Gasteiger partial charge on any atom is -0.449 e. The van der Waals surface area contributed by atoms with E-state index in [0.29, 0.717) is 23.9 Å². The molecule has 0 spiro atoms. The molecule has 1 aliphatic rings. The molecule has 0 radical (unpaired) electrons. The zero-order valence-corrected chi connectivity index (χ0v) is 18.7. The zero-order valence-electron chi connectivity index (χ0n) is 18.7. The fraction of sp³-hybridized carbons (Fsp3) is 0.609. The normalized spacial score (nSPS) is 22.1. The van der Waals surface area contributed by atoms with E-state index in [9.17, 15) is 14.4 Å². The minimum atomic E-state index is -0.858. The van der Waals surface area contributed by atoms with Crippen LogP contribution in [0.5, 0.6) is 0 Å². The first-order chi connectivity index (χ1) is 14.2. The number of benzene rings is 1. The van der Waals surface area contributed by atoms with Crippen molar-refractivity contribution in [2.24, 2.45) is 11.8 Å². The number of carbonyl (C=O) groups excluding carboxylic acids is 3. The summed E-state index contributed by atoms with van der Waals surface area (Å²) < 4.78 is 5.35. The van der Waals surface area contributed by atoms with Gasteiger partial charge in [-0.2, -0.15) is 0 Å². The lowest BCUT2D eigenvalue weighted by Gasteiger charge is -2.35. The highest BCUT2D eigenvalue weighted by Gasteiger charge is 2.30. The van der Waals surface area contributed by atoms with Gasteiger partial charge >= 0.3 is 12.0 Å². The summed E-state index contributed by atoms with van der Waals surface area (Å²) in [5.41, 5.74) is 1.22. The van der Waals surface area contributed by atoms with Crippen LogP contribution in [0.1, 0.15) is 69.8 Å². The Balaban J connectivity index is 1.83. The Morgan fingerprint density at radius 3 is 2.37 bits per heavy atom. The Morgan fingerprint density at radius 2 is 1.73 bits per heavy atom. The molecule has 3 N–H and O–H groups in total. The molecule has 1 fully saturated rings. The van der Waals surface area contributed by atoms with Crippen LogP contribution in [0.25, 0.3) is 0 Å². The van der Waals surface area contributed by atoms with Crippen molar-refractivity contribution in [1.29, 1.82) is 0 Å². The molecule has 0 heterocycles. The lowest BCUT2D eigenvalue weighted by atomic mass is 9.78. The average molecular weight is 418 g/mol. The highest BCUT2D eigenvalue weighted by atomic mass is 16.5. The van der Waals surface area contributed by atoms with E-state index in [4.69, 9.17) is 4.74 Å². The van der Waals surface area contributed by atoms with Gasteiger partial charge in [-0.05, 0) is 56.7 Å². The Bertz CT molecular complexity index is 732. The number of hydrogen-bond donors (Lipinski definition) is 3. The molecule has 4 atom stereocenters. The lowest BCUT2D eigenvalue weighted by molar-refractivity contribution is -0.130. The Kier molecular flexibility index (Phi) is 8.69. The van der Waals surface area contributed by atoms with E-state index in [2.05, 4.69) is 29.8 Å². The number of hydrogen-bond acceptors (Lipinski definition) is 4.